The number of aromatic nitrogens is 3. The fourth-order valence-corrected chi connectivity index (χ4v) is 0.387. The van der Waals surface area contributed by atoms with Crippen LogP contribution in [0.2, 0.25) is 0 Å². The monoisotopic (exact) mass is 127 g/mol. The number of nitrogens with zero attached hydrogens (tertiary/aromatic N) is 3. The Labute approximate surface area is 51.2 Å². The van der Waals surface area contributed by atoms with Crippen LogP contribution in [0.15, 0.2) is 12.7 Å². The average molecular weight is 127 g/mol. The van der Waals surface area contributed by atoms with Crippen molar-refractivity contribution in [3.63, 3.8) is 0 Å². The standard InChI is InChI=1S/C4H5N3O2/c1-4(8)9-7-2-5-6-3-7/h2-3H,1H3. The van der Waals surface area contributed by atoms with Crippen molar-refractivity contribution < 1.29 is 9.63 Å². The molecular weight excluding hydrogens is 122 g/mol. The van der Waals surface area contributed by atoms with Gasteiger partial charge in [-0.25, -0.2) is 4.79 Å². The molecule has 0 aliphatic rings. The molecule has 0 saturated heterocycles. The quantitative estimate of drug-likeness (QED) is 0.498. The van der Waals surface area contributed by atoms with Crippen LogP contribution in [0.5, 0.6) is 0 Å². The SMILES string of the molecule is CC(=O)On1cnnc1. The summed E-state index contributed by atoms with van der Waals surface area (Å²) in [6, 6.07) is 0. The van der Waals surface area contributed by atoms with Crippen LogP contribution in [0.1, 0.15) is 6.92 Å². The highest BCUT2D eigenvalue weighted by molar-refractivity contribution is 5.66. The highest BCUT2D eigenvalue weighted by atomic mass is 16.7. The molecule has 9 heavy (non-hydrogen) atoms. The second kappa shape index (κ2) is 2.25. The predicted octanol–water partition coefficient (Wildman–Crippen LogP) is -0.747. The van der Waals surface area contributed by atoms with E-state index in [0.717, 1.165) is 4.73 Å². The van der Waals surface area contributed by atoms with Crippen LogP contribution in [0.25, 0.3) is 0 Å². The molecule has 0 saturated carbocycles. The smallest absolute Gasteiger partial charge is 0.329 e. The normalized spacial score (nSPS) is 9.00. The molecule has 5 nitrogen and oxygen atoms in total. The molecule has 0 spiro atoms. The average Bonchev–Trinajstić information content (AvgIpc) is 2.15. The highest BCUT2D eigenvalue weighted by Gasteiger charge is 1.92. The van der Waals surface area contributed by atoms with Crippen LogP contribution in [0, 0.1) is 0 Å². The van der Waals surface area contributed by atoms with E-state index < -0.39 is 5.97 Å². The maximum absolute atomic E-state index is 10.2. The lowest BCUT2D eigenvalue weighted by molar-refractivity contribution is -0.141. The molecule has 0 fully saturated rings. The van der Waals surface area contributed by atoms with Gasteiger partial charge in [0, 0.05) is 6.92 Å². The van der Waals surface area contributed by atoms with Crippen molar-refractivity contribution in [2.24, 2.45) is 0 Å². The molecule has 0 aliphatic carbocycles. The number of carbonyl (C=O) groups excluding carboxylic acids is 1. The van der Waals surface area contributed by atoms with Crippen LogP contribution in [0.3, 0.4) is 0 Å². The second-order valence-corrected chi connectivity index (χ2v) is 1.40. The lowest BCUT2D eigenvalue weighted by Gasteiger charge is -1.94. The fraction of sp³-hybridized carbons (Fsp3) is 0.250. The lowest BCUT2D eigenvalue weighted by Crippen LogP contribution is -2.14. The van der Waals surface area contributed by atoms with E-state index in [0.29, 0.717) is 0 Å². The molecule has 0 radical (unpaired) electrons. The minimum absolute atomic E-state index is 0.394. The summed E-state index contributed by atoms with van der Waals surface area (Å²) in [5.41, 5.74) is 0. The van der Waals surface area contributed by atoms with Crippen molar-refractivity contribution in [1.29, 1.82) is 0 Å². The van der Waals surface area contributed by atoms with Crippen LogP contribution in [-0.2, 0) is 4.79 Å². The van der Waals surface area contributed by atoms with Crippen LogP contribution < -0.4 is 4.84 Å². The first-order chi connectivity index (χ1) is 4.29. The van der Waals surface area contributed by atoms with Crippen LogP contribution in [0.4, 0.5) is 0 Å². The van der Waals surface area contributed by atoms with Gasteiger partial charge in [-0.05, 0) is 0 Å². The van der Waals surface area contributed by atoms with E-state index in [1.807, 2.05) is 0 Å². The van der Waals surface area contributed by atoms with Crippen molar-refractivity contribution in [2.75, 3.05) is 0 Å². The molecule has 0 aromatic carbocycles. The lowest BCUT2D eigenvalue weighted by atomic mass is 10.8. The summed E-state index contributed by atoms with van der Waals surface area (Å²) in [5.74, 6) is -0.394. The molecule has 1 aromatic heterocycles. The second-order valence-electron chi connectivity index (χ2n) is 1.40. The van der Waals surface area contributed by atoms with Gasteiger partial charge in [0.1, 0.15) is 0 Å². The van der Waals surface area contributed by atoms with Crippen molar-refractivity contribution >= 4 is 5.97 Å². The van der Waals surface area contributed by atoms with Gasteiger partial charge in [-0.1, -0.05) is 0 Å². The molecule has 0 bridgehead atoms. The Hall–Kier alpha value is -1.39. The Balaban J connectivity index is 2.58. The number of rotatable bonds is 1. The molecule has 1 rings (SSSR count). The summed E-state index contributed by atoms with van der Waals surface area (Å²) in [7, 11) is 0. The van der Waals surface area contributed by atoms with Gasteiger partial charge in [0.25, 0.3) is 0 Å². The van der Waals surface area contributed by atoms with Gasteiger partial charge in [-0.3, -0.25) is 0 Å². The molecule has 0 N–H and O–H groups in total. The summed E-state index contributed by atoms with van der Waals surface area (Å²) in [4.78, 5) is 14.7. The Morgan fingerprint density at radius 2 is 2.11 bits per heavy atom. The highest BCUT2D eigenvalue weighted by Crippen LogP contribution is 1.74. The van der Waals surface area contributed by atoms with E-state index in [2.05, 4.69) is 15.0 Å². The van der Waals surface area contributed by atoms with E-state index in [-0.39, 0.29) is 0 Å². The third-order valence-corrected chi connectivity index (χ3v) is 0.632. The van der Waals surface area contributed by atoms with Gasteiger partial charge < -0.3 is 4.84 Å². The Morgan fingerprint density at radius 3 is 2.56 bits per heavy atom. The molecule has 1 aromatic rings. The molecule has 0 unspecified atom stereocenters. The number of hydrogen-bond donors (Lipinski definition) is 0. The first kappa shape index (κ1) is 5.74. The summed E-state index contributed by atoms with van der Waals surface area (Å²) in [6.45, 7) is 1.31. The minimum Gasteiger partial charge on any atom is -0.334 e. The van der Waals surface area contributed by atoms with E-state index in [1.54, 1.807) is 0 Å². The largest absolute Gasteiger partial charge is 0.334 e. The summed E-state index contributed by atoms with van der Waals surface area (Å²) in [6.07, 6.45) is 2.59. The third-order valence-electron chi connectivity index (χ3n) is 0.632. The zero-order valence-corrected chi connectivity index (χ0v) is 4.81. The van der Waals surface area contributed by atoms with E-state index in [9.17, 15) is 4.79 Å². The van der Waals surface area contributed by atoms with Gasteiger partial charge in [0.05, 0.1) is 0 Å². The molecule has 0 aliphatic heterocycles. The van der Waals surface area contributed by atoms with Gasteiger partial charge >= 0.3 is 5.97 Å². The Morgan fingerprint density at radius 1 is 1.56 bits per heavy atom. The summed E-state index contributed by atoms with van der Waals surface area (Å²) >= 11 is 0. The van der Waals surface area contributed by atoms with Crippen molar-refractivity contribution in [1.82, 2.24) is 14.9 Å². The molecule has 5 heteroatoms. The first-order valence-electron chi connectivity index (χ1n) is 2.32. The first-order valence-corrected chi connectivity index (χ1v) is 2.32. The Bertz CT molecular complexity index is 194. The van der Waals surface area contributed by atoms with Crippen LogP contribution in [-0.4, -0.2) is 20.9 Å². The van der Waals surface area contributed by atoms with E-state index in [1.165, 1.54) is 19.6 Å². The summed E-state index contributed by atoms with van der Waals surface area (Å²) in [5, 5.41) is 6.82. The van der Waals surface area contributed by atoms with Crippen molar-refractivity contribution in [3.8, 4) is 0 Å². The fourth-order valence-electron chi connectivity index (χ4n) is 0.387. The van der Waals surface area contributed by atoms with Crippen LogP contribution >= 0.6 is 0 Å². The molecule has 48 valence electrons. The molecule has 1 heterocycles. The van der Waals surface area contributed by atoms with Crippen molar-refractivity contribution in [2.45, 2.75) is 6.92 Å². The van der Waals surface area contributed by atoms with Crippen molar-refractivity contribution in [3.05, 3.63) is 12.7 Å². The van der Waals surface area contributed by atoms with Gasteiger partial charge in [-0.2, -0.15) is 0 Å². The maximum atomic E-state index is 10.2. The molecule has 0 atom stereocenters. The van der Waals surface area contributed by atoms with Gasteiger partial charge in [-0.15, -0.1) is 14.9 Å². The molecule has 0 amide bonds. The Kier molecular flexibility index (Phi) is 1.44. The number of carbonyl (C=O) groups is 1. The van der Waals surface area contributed by atoms with Gasteiger partial charge in [0.15, 0.2) is 12.7 Å². The topological polar surface area (TPSA) is 57.0 Å². The number of hydrogen-bond acceptors (Lipinski definition) is 4. The third kappa shape index (κ3) is 1.52. The minimum atomic E-state index is -0.394. The molecular formula is C4H5N3O2. The predicted molar refractivity (Wildman–Crippen MR) is 27.3 cm³/mol. The van der Waals surface area contributed by atoms with Gasteiger partial charge in [0.2, 0.25) is 0 Å². The summed E-state index contributed by atoms with van der Waals surface area (Å²) < 4.78 is 1.13. The maximum Gasteiger partial charge on any atom is 0.329 e. The zero-order valence-electron chi connectivity index (χ0n) is 4.81. The van der Waals surface area contributed by atoms with E-state index >= 15 is 0 Å². The zero-order chi connectivity index (χ0) is 6.69. The van der Waals surface area contributed by atoms with E-state index in [4.69, 9.17) is 0 Å².